The summed E-state index contributed by atoms with van der Waals surface area (Å²) in [6, 6.07) is 0. The Hall–Kier alpha value is -0.620. The van der Waals surface area contributed by atoms with Crippen LogP contribution in [-0.4, -0.2) is 93.6 Å². The van der Waals surface area contributed by atoms with Crippen molar-refractivity contribution in [2.45, 2.75) is 127 Å². The van der Waals surface area contributed by atoms with Crippen LogP contribution >= 0.6 is 0 Å². The molecule has 5 N–H and O–H groups in total. The lowest BCUT2D eigenvalue weighted by atomic mass is 9.45. The van der Waals surface area contributed by atoms with E-state index in [1.165, 1.54) is 5.57 Å². The SMILES string of the molecule is CC1CC[C@@]2(OC1)O[C@H]1C[C@H]3[C@@H]4CCC5=CC(O)C(O)C[C@]5(C)[C@H]4C(O[C@@H]4OC[C@H](O)[C@H](O)[C@H]4O)C[C@]3(C)[C@H]1[C@@H]2C. The minimum Gasteiger partial charge on any atom is -0.390 e. The van der Waals surface area contributed by atoms with Crippen molar-refractivity contribution in [2.75, 3.05) is 13.2 Å². The number of fused-ring (bicyclic) bond motifs is 7. The van der Waals surface area contributed by atoms with Crippen molar-refractivity contribution in [3.05, 3.63) is 11.6 Å². The first kappa shape index (κ1) is 29.1. The molecular formula is C32H50O9. The van der Waals surface area contributed by atoms with Gasteiger partial charge in [0.25, 0.3) is 0 Å². The Bertz CT molecular complexity index is 1040. The van der Waals surface area contributed by atoms with E-state index in [0.717, 1.165) is 45.1 Å². The predicted molar refractivity (Wildman–Crippen MR) is 147 cm³/mol. The molecular weight excluding hydrogens is 528 g/mol. The minimum atomic E-state index is -1.36. The third-order valence-electron chi connectivity index (χ3n) is 13.1. The van der Waals surface area contributed by atoms with Crippen molar-refractivity contribution in [1.29, 1.82) is 0 Å². The van der Waals surface area contributed by atoms with Crippen LogP contribution in [0.1, 0.15) is 72.6 Å². The van der Waals surface area contributed by atoms with Crippen LogP contribution in [-0.2, 0) is 18.9 Å². The van der Waals surface area contributed by atoms with Gasteiger partial charge in [-0.3, -0.25) is 0 Å². The molecule has 0 aromatic carbocycles. The van der Waals surface area contributed by atoms with Gasteiger partial charge in [-0.1, -0.05) is 39.3 Å². The van der Waals surface area contributed by atoms with Crippen LogP contribution in [0.4, 0.5) is 0 Å². The first-order valence-electron chi connectivity index (χ1n) is 16.1. The van der Waals surface area contributed by atoms with Crippen LogP contribution in [0.2, 0.25) is 0 Å². The monoisotopic (exact) mass is 578 g/mol. The highest BCUT2D eigenvalue weighted by Crippen LogP contribution is 2.71. The van der Waals surface area contributed by atoms with Crippen molar-refractivity contribution in [3.63, 3.8) is 0 Å². The normalized spacial score (nSPS) is 60.2. The Kier molecular flexibility index (Phi) is 7.06. The van der Waals surface area contributed by atoms with Gasteiger partial charge < -0.3 is 44.5 Å². The Morgan fingerprint density at radius 3 is 2.44 bits per heavy atom. The number of aliphatic hydroxyl groups is 5. The topological polar surface area (TPSA) is 138 Å². The number of aliphatic hydroxyl groups excluding tert-OH is 5. The zero-order valence-corrected chi connectivity index (χ0v) is 24.9. The summed E-state index contributed by atoms with van der Waals surface area (Å²) in [6.45, 7) is 9.78. The van der Waals surface area contributed by atoms with E-state index in [-0.39, 0.29) is 41.5 Å². The molecule has 232 valence electrons. The molecule has 4 aliphatic carbocycles. The van der Waals surface area contributed by atoms with E-state index in [0.29, 0.717) is 30.1 Å². The minimum absolute atomic E-state index is 0.0393. The lowest BCUT2D eigenvalue weighted by Gasteiger charge is -2.62. The van der Waals surface area contributed by atoms with Crippen LogP contribution in [0.5, 0.6) is 0 Å². The molecule has 7 aliphatic rings. The summed E-state index contributed by atoms with van der Waals surface area (Å²) in [5, 5.41) is 52.7. The molecule has 9 nitrogen and oxygen atoms in total. The highest BCUT2D eigenvalue weighted by atomic mass is 16.7. The Balaban J connectivity index is 1.24. The summed E-state index contributed by atoms with van der Waals surface area (Å²) < 4.78 is 25.9. The van der Waals surface area contributed by atoms with Crippen LogP contribution in [0.3, 0.4) is 0 Å². The van der Waals surface area contributed by atoms with Crippen molar-refractivity contribution in [3.8, 4) is 0 Å². The van der Waals surface area contributed by atoms with Crippen LogP contribution < -0.4 is 0 Å². The standard InChI is InChI=1S/C32H50O9/c1-15-7-8-32(39-13-15)16(2)25-23(41-32)10-19-18-6-5-17-9-20(33)21(34)11-30(17,3)26(18)24(12-31(19,25)4)40-29-28(37)27(36)22(35)14-38-29/h9,15-16,18-29,33-37H,5-8,10-14H2,1-4H3/t15?,16-,18-,19-,20?,21?,22-,23-,24?,25-,26+,27-,28+,29-,30-,31-,32+/m0/s1. The molecule has 0 aromatic rings. The van der Waals surface area contributed by atoms with E-state index in [9.17, 15) is 25.5 Å². The Morgan fingerprint density at radius 1 is 0.927 bits per heavy atom. The van der Waals surface area contributed by atoms with Crippen molar-refractivity contribution < 1.29 is 44.5 Å². The highest BCUT2D eigenvalue weighted by molar-refractivity contribution is 5.29. The molecule has 3 heterocycles. The molecule has 3 saturated carbocycles. The van der Waals surface area contributed by atoms with Gasteiger partial charge in [-0.2, -0.15) is 0 Å². The fourth-order valence-electron chi connectivity index (χ4n) is 11.1. The molecule has 41 heavy (non-hydrogen) atoms. The lowest BCUT2D eigenvalue weighted by molar-refractivity contribution is -0.306. The third-order valence-corrected chi connectivity index (χ3v) is 13.1. The number of hydrogen-bond donors (Lipinski definition) is 5. The van der Waals surface area contributed by atoms with Crippen LogP contribution in [0.25, 0.3) is 0 Å². The smallest absolute Gasteiger partial charge is 0.186 e. The second-order valence-electron chi connectivity index (χ2n) is 15.3. The molecule has 3 aliphatic heterocycles. The van der Waals surface area contributed by atoms with Gasteiger partial charge in [-0.15, -0.1) is 0 Å². The fraction of sp³-hybridized carbons (Fsp3) is 0.938. The average molecular weight is 579 g/mol. The summed E-state index contributed by atoms with van der Waals surface area (Å²) >= 11 is 0. The Labute approximate surface area is 243 Å². The summed E-state index contributed by atoms with van der Waals surface area (Å²) in [4.78, 5) is 0. The number of hydrogen-bond acceptors (Lipinski definition) is 9. The van der Waals surface area contributed by atoms with E-state index in [2.05, 4.69) is 27.7 Å². The second kappa shape index (κ2) is 9.94. The molecule has 6 fully saturated rings. The number of ether oxygens (including phenoxy) is 4. The molecule has 0 radical (unpaired) electrons. The largest absolute Gasteiger partial charge is 0.390 e. The number of rotatable bonds is 2. The van der Waals surface area contributed by atoms with E-state index < -0.39 is 42.6 Å². The van der Waals surface area contributed by atoms with Gasteiger partial charge in [0, 0.05) is 12.3 Å². The quantitative estimate of drug-likeness (QED) is 0.312. The van der Waals surface area contributed by atoms with Crippen molar-refractivity contribution in [2.24, 2.45) is 46.3 Å². The van der Waals surface area contributed by atoms with E-state index >= 15 is 0 Å². The molecule has 17 atom stereocenters. The van der Waals surface area contributed by atoms with Gasteiger partial charge in [0.2, 0.25) is 0 Å². The second-order valence-corrected chi connectivity index (χ2v) is 15.3. The van der Waals surface area contributed by atoms with Gasteiger partial charge in [0.1, 0.15) is 18.3 Å². The fourth-order valence-corrected chi connectivity index (χ4v) is 11.1. The van der Waals surface area contributed by atoms with E-state index in [1.807, 2.05) is 6.08 Å². The average Bonchev–Trinajstić information content (AvgIpc) is 3.36. The Morgan fingerprint density at radius 2 is 1.71 bits per heavy atom. The summed E-state index contributed by atoms with van der Waals surface area (Å²) in [5.74, 6) is 1.32. The predicted octanol–water partition coefficient (Wildman–Crippen LogP) is 2.12. The molecule has 7 rings (SSSR count). The van der Waals surface area contributed by atoms with Crippen molar-refractivity contribution in [1.82, 2.24) is 0 Å². The zero-order valence-electron chi connectivity index (χ0n) is 24.9. The van der Waals surface area contributed by atoms with E-state index in [4.69, 9.17) is 18.9 Å². The van der Waals surface area contributed by atoms with E-state index in [1.54, 1.807) is 0 Å². The summed E-state index contributed by atoms with van der Waals surface area (Å²) in [7, 11) is 0. The molecule has 1 spiro atoms. The number of allylic oxidation sites excluding steroid dienone is 1. The van der Waals surface area contributed by atoms with Gasteiger partial charge in [-0.25, -0.2) is 0 Å². The van der Waals surface area contributed by atoms with Crippen molar-refractivity contribution >= 4 is 0 Å². The van der Waals surface area contributed by atoms with Gasteiger partial charge in [-0.05, 0) is 78.9 Å². The maximum absolute atomic E-state index is 10.9. The summed E-state index contributed by atoms with van der Waals surface area (Å²) in [5.41, 5.74) is 0.716. The first-order chi connectivity index (χ1) is 19.4. The van der Waals surface area contributed by atoms with Gasteiger partial charge in [0.05, 0.1) is 37.6 Å². The molecule has 0 bridgehead atoms. The zero-order chi connectivity index (χ0) is 29.1. The molecule has 0 aromatic heterocycles. The molecule has 0 amide bonds. The molecule has 4 unspecified atom stereocenters. The molecule has 9 heteroatoms. The van der Waals surface area contributed by atoms with Gasteiger partial charge in [0.15, 0.2) is 12.1 Å². The maximum Gasteiger partial charge on any atom is 0.186 e. The van der Waals surface area contributed by atoms with Crippen LogP contribution in [0, 0.1) is 46.3 Å². The lowest BCUT2D eigenvalue weighted by Crippen LogP contribution is -2.61. The third kappa shape index (κ3) is 4.21. The maximum atomic E-state index is 10.9. The van der Waals surface area contributed by atoms with Crippen LogP contribution in [0.15, 0.2) is 11.6 Å². The summed E-state index contributed by atoms with van der Waals surface area (Å²) in [6.07, 6.45) is 1.09. The first-order valence-corrected chi connectivity index (χ1v) is 16.1. The van der Waals surface area contributed by atoms with Gasteiger partial charge >= 0.3 is 0 Å². The molecule has 3 saturated heterocycles. The highest BCUT2D eigenvalue weighted by Gasteiger charge is 2.71.